The Morgan fingerprint density at radius 1 is 0.868 bits per heavy atom. The topological polar surface area (TPSA) is 267 Å². The van der Waals surface area contributed by atoms with Crippen LogP contribution in [0.3, 0.4) is 0 Å². The summed E-state index contributed by atoms with van der Waals surface area (Å²) in [7, 11) is -9.64. The monoisotopic (exact) mass is 593 g/mol. The van der Waals surface area contributed by atoms with E-state index in [0.717, 1.165) is 6.92 Å². The number of ether oxygens (including phenoxy) is 1. The van der Waals surface area contributed by atoms with Crippen LogP contribution in [0.4, 0.5) is 0 Å². The van der Waals surface area contributed by atoms with Gasteiger partial charge in [0.25, 0.3) is 0 Å². The van der Waals surface area contributed by atoms with Crippen molar-refractivity contribution >= 4 is 39.3 Å². The van der Waals surface area contributed by atoms with Crippen LogP contribution in [0.2, 0.25) is 0 Å². The van der Waals surface area contributed by atoms with Gasteiger partial charge in [0, 0.05) is 19.9 Å². The number of phosphoric ester groups is 2. The summed E-state index contributed by atoms with van der Waals surface area (Å²) >= 11 is 0. The minimum Gasteiger partial charge on any atom is -0.462 e. The van der Waals surface area contributed by atoms with Gasteiger partial charge in [-0.25, -0.2) is 9.13 Å². The van der Waals surface area contributed by atoms with Gasteiger partial charge in [-0.05, 0) is 26.7 Å². The number of carbonyl (C=O) groups excluding carboxylic acids is 4. The molecule has 0 fully saturated rings. The molecule has 4 atom stereocenters. The molecule has 0 aliphatic rings. The fourth-order valence-corrected chi connectivity index (χ4v) is 3.74. The number of rotatable bonds is 19. The van der Waals surface area contributed by atoms with Gasteiger partial charge >= 0.3 is 21.6 Å². The maximum Gasteiger partial charge on any atom is 0.469 e. The molecule has 0 rings (SSSR count). The van der Waals surface area contributed by atoms with E-state index in [9.17, 15) is 33.4 Å². The highest BCUT2D eigenvalue weighted by Crippen LogP contribution is 2.36. The number of aliphatic hydroxyl groups is 1. The number of carbonyl (C=O) groups is 4. The summed E-state index contributed by atoms with van der Waals surface area (Å²) in [5.41, 5.74) is 0. The lowest BCUT2D eigenvalue weighted by Crippen LogP contribution is -2.48. The third-order valence-corrected chi connectivity index (χ3v) is 5.48. The van der Waals surface area contributed by atoms with Gasteiger partial charge in [-0.15, -0.1) is 0 Å². The lowest BCUT2D eigenvalue weighted by atomic mass is 10.1. The number of hydrogen-bond acceptors (Lipinski definition) is 10. The fraction of sp³-hybridized carbons (Fsp3) is 0.789. The third-order valence-electron chi connectivity index (χ3n) is 4.48. The molecule has 0 aromatic rings. The van der Waals surface area contributed by atoms with Crippen molar-refractivity contribution in [1.82, 2.24) is 16.0 Å². The molecular formula is C19H37N3O14P2. The van der Waals surface area contributed by atoms with E-state index >= 15 is 0 Å². The molecule has 19 heteroatoms. The highest BCUT2D eigenvalue weighted by atomic mass is 31.2. The van der Waals surface area contributed by atoms with Gasteiger partial charge < -0.3 is 45.4 Å². The fourth-order valence-electron chi connectivity index (χ4n) is 3.02. The molecule has 0 heterocycles. The van der Waals surface area contributed by atoms with Crippen LogP contribution < -0.4 is 16.0 Å². The molecule has 0 radical (unpaired) electrons. The summed E-state index contributed by atoms with van der Waals surface area (Å²) in [5.74, 6) is -2.60. The molecule has 222 valence electrons. The number of nitrogens with one attached hydrogen (secondary N) is 3. The second-order valence-electron chi connectivity index (χ2n) is 8.39. The van der Waals surface area contributed by atoms with Gasteiger partial charge in [-0.1, -0.05) is 0 Å². The Bertz CT molecular complexity index is 875. The molecule has 0 unspecified atom stereocenters. The summed E-state index contributed by atoms with van der Waals surface area (Å²) in [4.78, 5) is 83.2. The van der Waals surface area contributed by atoms with Gasteiger partial charge in [-0.2, -0.15) is 0 Å². The second-order valence-corrected chi connectivity index (χ2v) is 10.9. The SMILES string of the molecule is CC(=O)O[C@H](C)CC(=O)N[C@@H](CCOP(=O)(O)O)C(=O)NCCC[C@H](COP(=O)(O)O)NC(=O)C[C@@H](C)O. The quantitative estimate of drug-likeness (QED) is 0.0485. The first kappa shape index (κ1) is 36.1. The lowest BCUT2D eigenvalue weighted by molar-refractivity contribution is -0.147. The summed E-state index contributed by atoms with van der Waals surface area (Å²) < 4.78 is 35.5. The first-order chi connectivity index (χ1) is 17.4. The zero-order chi connectivity index (χ0) is 29.5. The molecule has 0 aliphatic carbocycles. The zero-order valence-corrected chi connectivity index (χ0v) is 23.1. The minimum atomic E-state index is -4.82. The van der Waals surface area contributed by atoms with Crippen LogP contribution in [0.15, 0.2) is 0 Å². The van der Waals surface area contributed by atoms with E-state index in [0.29, 0.717) is 0 Å². The third kappa shape index (κ3) is 21.0. The van der Waals surface area contributed by atoms with Gasteiger partial charge in [0.15, 0.2) is 0 Å². The van der Waals surface area contributed by atoms with E-state index in [2.05, 4.69) is 25.0 Å². The Kier molecular flexibility index (Phi) is 16.7. The standard InChI is InChI=1S/C19H37N3O14P2/c1-12(23)9-17(25)21-15(11-35-38(31,32)33)5-4-7-20-19(27)16(6-8-34-37(28,29)30)22-18(26)10-13(2)36-14(3)24/h12-13,15-16,23H,4-11H2,1-3H3,(H,20,27)(H,21,25)(H,22,26)(H2,28,29,30)(H2,31,32,33)/t12-,13-,15-,16+/m1/s1. The van der Waals surface area contributed by atoms with E-state index in [1.165, 1.54) is 13.8 Å². The molecule has 0 bridgehead atoms. The van der Waals surface area contributed by atoms with Crippen molar-refractivity contribution in [3.8, 4) is 0 Å². The summed E-state index contributed by atoms with van der Waals surface area (Å²) in [5, 5.41) is 16.7. The van der Waals surface area contributed by atoms with E-state index in [1.54, 1.807) is 0 Å². The Labute approximate surface area is 219 Å². The Balaban J connectivity index is 5.01. The molecule has 0 aromatic heterocycles. The Morgan fingerprint density at radius 2 is 1.45 bits per heavy atom. The first-order valence-electron chi connectivity index (χ1n) is 11.5. The van der Waals surface area contributed by atoms with E-state index < -0.39 is 76.8 Å². The number of amides is 3. The highest BCUT2D eigenvalue weighted by Gasteiger charge is 2.25. The first-order valence-corrected chi connectivity index (χ1v) is 14.6. The van der Waals surface area contributed by atoms with Crippen LogP contribution in [0.1, 0.15) is 52.9 Å². The molecule has 0 saturated heterocycles. The molecule has 8 N–H and O–H groups in total. The second kappa shape index (κ2) is 17.6. The number of esters is 1. The Hall–Kier alpha value is -1.94. The zero-order valence-electron chi connectivity index (χ0n) is 21.3. The predicted octanol–water partition coefficient (Wildman–Crippen LogP) is -1.43. The minimum absolute atomic E-state index is 0.0207. The van der Waals surface area contributed by atoms with Crippen molar-refractivity contribution in [3.05, 3.63) is 0 Å². The van der Waals surface area contributed by atoms with Crippen LogP contribution >= 0.6 is 15.6 Å². The van der Waals surface area contributed by atoms with Crippen molar-refractivity contribution in [2.75, 3.05) is 19.8 Å². The number of phosphoric acid groups is 2. The maximum absolute atomic E-state index is 12.6. The smallest absolute Gasteiger partial charge is 0.462 e. The van der Waals surface area contributed by atoms with Crippen molar-refractivity contribution in [2.45, 2.75) is 77.2 Å². The van der Waals surface area contributed by atoms with Crippen LogP contribution in [-0.4, -0.2) is 92.4 Å². The van der Waals surface area contributed by atoms with Gasteiger partial charge in [0.1, 0.15) is 12.1 Å². The van der Waals surface area contributed by atoms with Crippen LogP contribution in [0, 0.1) is 0 Å². The van der Waals surface area contributed by atoms with Gasteiger partial charge in [0.05, 0.1) is 38.2 Å². The molecule has 0 aliphatic heterocycles. The molecular weight excluding hydrogens is 556 g/mol. The summed E-state index contributed by atoms with van der Waals surface area (Å²) in [6.07, 6.45) is -2.30. The average molecular weight is 593 g/mol. The van der Waals surface area contributed by atoms with E-state index in [1.807, 2.05) is 0 Å². The van der Waals surface area contributed by atoms with Crippen LogP contribution in [0.25, 0.3) is 0 Å². The van der Waals surface area contributed by atoms with Gasteiger partial charge in [0.2, 0.25) is 17.7 Å². The number of aliphatic hydroxyl groups excluding tert-OH is 1. The predicted molar refractivity (Wildman–Crippen MR) is 129 cm³/mol. The van der Waals surface area contributed by atoms with Gasteiger partial charge in [-0.3, -0.25) is 28.2 Å². The summed E-state index contributed by atoms with van der Waals surface area (Å²) in [6.45, 7) is 2.87. The highest BCUT2D eigenvalue weighted by molar-refractivity contribution is 7.46. The molecule has 38 heavy (non-hydrogen) atoms. The van der Waals surface area contributed by atoms with Crippen LogP contribution in [0.5, 0.6) is 0 Å². The Morgan fingerprint density at radius 3 is 1.97 bits per heavy atom. The lowest BCUT2D eigenvalue weighted by Gasteiger charge is -2.21. The molecule has 0 aromatic carbocycles. The molecule has 17 nitrogen and oxygen atoms in total. The van der Waals surface area contributed by atoms with E-state index in [4.69, 9.17) is 24.3 Å². The average Bonchev–Trinajstić information content (AvgIpc) is 2.71. The molecule has 0 saturated carbocycles. The normalized spacial score (nSPS) is 15.1. The molecule has 0 spiro atoms. The van der Waals surface area contributed by atoms with Crippen LogP contribution in [-0.2, 0) is 42.1 Å². The summed E-state index contributed by atoms with van der Waals surface area (Å²) in [6, 6.07) is -2.13. The van der Waals surface area contributed by atoms with E-state index in [-0.39, 0.29) is 38.6 Å². The largest absolute Gasteiger partial charge is 0.469 e. The van der Waals surface area contributed by atoms with Crippen molar-refractivity contribution < 1.29 is 66.8 Å². The van der Waals surface area contributed by atoms with Crippen molar-refractivity contribution in [1.29, 1.82) is 0 Å². The maximum atomic E-state index is 12.6. The molecule has 3 amide bonds. The number of hydrogen-bond donors (Lipinski definition) is 8. The van der Waals surface area contributed by atoms with Crippen molar-refractivity contribution in [2.24, 2.45) is 0 Å². The van der Waals surface area contributed by atoms with Crippen molar-refractivity contribution in [3.63, 3.8) is 0 Å².